The molecule has 0 aromatic carbocycles. The maximum Gasteiger partial charge on any atom is 0.220 e. The lowest BCUT2D eigenvalue weighted by Crippen LogP contribution is -2.45. The predicted molar refractivity (Wildman–Crippen MR) is 285 cm³/mol. The Balaban J connectivity index is 3.57. The van der Waals surface area contributed by atoms with Crippen molar-refractivity contribution in [2.45, 2.75) is 283 Å². The van der Waals surface area contributed by atoms with Crippen LogP contribution in [0.5, 0.6) is 0 Å². The quantitative estimate of drug-likeness (QED) is 0.0421. The van der Waals surface area contributed by atoms with E-state index < -0.39 is 12.1 Å². The van der Waals surface area contributed by atoms with Crippen LogP contribution in [0.25, 0.3) is 0 Å². The summed E-state index contributed by atoms with van der Waals surface area (Å²) in [4.78, 5) is 12.5. The molecule has 3 N–H and O–H groups in total. The summed E-state index contributed by atoms with van der Waals surface area (Å²) in [6.45, 7) is 4.20. The second-order valence-corrected chi connectivity index (χ2v) is 18.6. The van der Waals surface area contributed by atoms with E-state index in [2.05, 4.69) is 92.1 Å². The van der Waals surface area contributed by atoms with E-state index in [0.717, 1.165) is 77.0 Å². The maximum absolute atomic E-state index is 12.5. The maximum atomic E-state index is 12.5. The standard InChI is InChI=1S/C60H107NO3/c1-3-5-7-9-11-13-15-17-19-21-23-25-27-29-30-32-33-35-37-39-41-43-45-47-49-51-53-55-59(63)58(57-62)61-60(64)56-54-52-50-48-46-44-42-40-38-36-34-31-28-26-24-22-20-18-16-14-12-10-8-6-4-2/h6,8,12,14,18,20,24,26,31,34,38,40,53,55,58-59,62-63H,3-5,7,9-11,13,15-17,19,21-23,25,27-30,32-33,35-37,39,41-52,54,56-57H2,1-2H3,(H,61,64)/b8-6-,14-12-,20-18-,26-24-,34-31-,40-38-,55-53+. The third-order valence-electron chi connectivity index (χ3n) is 12.4. The number of carbonyl (C=O) groups is 1. The van der Waals surface area contributed by atoms with Gasteiger partial charge in [0.05, 0.1) is 18.8 Å². The second kappa shape index (κ2) is 54.9. The summed E-state index contributed by atoms with van der Waals surface area (Å²) in [6, 6.07) is -0.637. The van der Waals surface area contributed by atoms with E-state index in [9.17, 15) is 15.0 Å². The molecule has 0 spiro atoms. The molecule has 0 heterocycles. The molecular weight excluding hydrogens is 783 g/mol. The van der Waals surface area contributed by atoms with Gasteiger partial charge in [-0.1, -0.05) is 279 Å². The highest BCUT2D eigenvalue weighted by molar-refractivity contribution is 5.76. The molecule has 0 rings (SSSR count). The number of rotatable bonds is 50. The van der Waals surface area contributed by atoms with Gasteiger partial charge < -0.3 is 15.5 Å². The molecule has 0 fully saturated rings. The zero-order valence-corrected chi connectivity index (χ0v) is 42.5. The molecule has 0 aliphatic rings. The smallest absolute Gasteiger partial charge is 0.220 e. The number of aliphatic hydroxyl groups excluding tert-OH is 2. The molecule has 2 atom stereocenters. The fourth-order valence-corrected chi connectivity index (χ4v) is 8.18. The predicted octanol–water partition coefficient (Wildman–Crippen LogP) is 18.4. The summed E-state index contributed by atoms with van der Waals surface area (Å²) in [5.74, 6) is -0.0793. The number of unbranched alkanes of at least 4 members (excludes halogenated alkanes) is 31. The van der Waals surface area contributed by atoms with Gasteiger partial charge in [0.25, 0.3) is 0 Å². The molecule has 4 nitrogen and oxygen atoms in total. The van der Waals surface area contributed by atoms with Gasteiger partial charge in [-0.2, -0.15) is 0 Å². The SMILES string of the molecule is CC/C=C\C/C=C\C/C=C\C/C=C\C/C=C\C/C=C\CCCCCCCCC(=O)NC(CO)C(O)/C=C/CCCCCCCCCCCCCCCCCCCCCCCCCCC. The van der Waals surface area contributed by atoms with Gasteiger partial charge in [0.15, 0.2) is 0 Å². The highest BCUT2D eigenvalue weighted by atomic mass is 16.3. The summed E-state index contributed by atoms with van der Waals surface area (Å²) < 4.78 is 0. The van der Waals surface area contributed by atoms with E-state index in [0.29, 0.717) is 6.42 Å². The Kier molecular flexibility index (Phi) is 52.8. The third-order valence-corrected chi connectivity index (χ3v) is 12.4. The first-order chi connectivity index (χ1) is 31.7. The first-order valence-corrected chi connectivity index (χ1v) is 27.8. The van der Waals surface area contributed by atoms with E-state index in [1.165, 1.54) is 173 Å². The van der Waals surface area contributed by atoms with Crippen LogP contribution in [0.2, 0.25) is 0 Å². The molecule has 0 aromatic heterocycles. The Morgan fingerprint density at radius 1 is 0.391 bits per heavy atom. The Labute approximate surface area is 399 Å². The van der Waals surface area contributed by atoms with Crippen LogP contribution >= 0.6 is 0 Å². The number of carbonyl (C=O) groups excluding carboxylic acids is 1. The van der Waals surface area contributed by atoms with E-state index >= 15 is 0 Å². The molecule has 64 heavy (non-hydrogen) atoms. The van der Waals surface area contributed by atoms with Crippen molar-refractivity contribution in [3.05, 3.63) is 85.1 Å². The largest absolute Gasteiger partial charge is 0.394 e. The molecule has 4 heteroatoms. The van der Waals surface area contributed by atoms with Crippen LogP contribution in [0.4, 0.5) is 0 Å². The van der Waals surface area contributed by atoms with E-state index in [1.54, 1.807) is 6.08 Å². The number of hydrogen-bond acceptors (Lipinski definition) is 3. The van der Waals surface area contributed by atoms with Gasteiger partial charge in [-0.05, 0) is 70.6 Å². The first-order valence-electron chi connectivity index (χ1n) is 27.8. The van der Waals surface area contributed by atoms with Gasteiger partial charge in [0, 0.05) is 6.42 Å². The molecule has 0 aliphatic carbocycles. The lowest BCUT2D eigenvalue weighted by Gasteiger charge is -2.20. The van der Waals surface area contributed by atoms with Crippen molar-refractivity contribution in [2.24, 2.45) is 0 Å². The van der Waals surface area contributed by atoms with Crippen molar-refractivity contribution in [1.29, 1.82) is 0 Å². The highest BCUT2D eigenvalue weighted by Gasteiger charge is 2.18. The number of nitrogens with one attached hydrogen (secondary N) is 1. The molecule has 0 radical (unpaired) electrons. The average Bonchev–Trinajstić information content (AvgIpc) is 3.30. The third kappa shape index (κ3) is 50.6. The summed E-state index contributed by atoms with van der Waals surface area (Å²) in [5.41, 5.74) is 0. The van der Waals surface area contributed by atoms with Crippen molar-refractivity contribution in [3.63, 3.8) is 0 Å². The number of amides is 1. The molecule has 2 unspecified atom stereocenters. The summed E-state index contributed by atoms with van der Waals surface area (Å²) >= 11 is 0. The Hall–Kier alpha value is -2.43. The molecule has 1 amide bonds. The lowest BCUT2D eigenvalue weighted by molar-refractivity contribution is -0.123. The van der Waals surface area contributed by atoms with Gasteiger partial charge in [-0.3, -0.25) is 4.79 Å². The van der Waals surface area contributed by atoms with Crippen molar-refractivity contribution in [2.75, 3.05) is 6.61 Å². The monoisotopic (exact) mass is 890 g/mol. The second-order valence-electron chi connectivity index (χ2n) is 18.6. The average molecular weight is 891 g/mol. The lowest BCUT2D eigenvalue weighted by atomic mass is 10.0. The van der Waals surface area contributed by atoms with Crippen LogP contribution < -0.4 is 5.32 Å². The molecule has 0 aromatic rings. The molecule has 0 saturated carbocycles. The van der Waals surface area contributed by atoms with Crippen LogP contribution in [-0.2, 0) is 4.79 Å². The molecule has 370 valence electrons. The summed E-state index contributed by atoms with van der Waals surface area (Å²) in [5, 5.41) is 23.2. The van der Waals surface area contributed by atoms with Crippen LogP contribution in [0.3, 0.4) is 0 Å². The first kappa shape index (κ1) is 61.6. The minimum atomic E-state index is -0.852. The zero-order chi connectivity index (χ0) is 46.3. The van der Waals surface area contributed by atoms with Crippen molar-refractivity contribution >= 4 is 5.91 Å². The summed E-state index contributed by atoms with van der Waals surface area (Å²) in [6.07, 6.45) is 80.2. The van der Waals surface area contributed by atoms with Gasteiger partial charge >= 0.3 is 0 Å². The minimum Gasteiger partial charge on any atom is -0.394 e. The Morgan fingerprint density at radius 2 is 0.688 bits per heavy atom. The Bertz CT molecular complexity index is 1150. The topological polar surface area (TPSA) is 69.6 Å². The van der Waals surface area contributed by atoms with Gasteiger partial charge in [0.1, 0.15) is 0 Å². The van der Waals surface area contributed by atoms with Crippen molar-refractivity contribution < 1.29 is 15.0 Å². The summed E-state index contributed by atoms with van der Waals surface area (Å²) in [7, 11) is 0. The van der Waals surface area contributed by atoms with Crippen LogP contribution in [0.15, 0.2) is 85.1 Å². The van der Waals surface area contributed by atoms with E-state index in [1.807, 2.05) is 6.08 Å². The number of aliphatic hydroxyl groups is 2. The fraction of sp³-hybridized carbons (Fsp3) is 0.750. The number of hydrogen-bond donors (Lipinski definition) is 3. The van der Waals surface area contributed by atoms with Gasteiger partial charge in [0.2, 0.25) is 5.91 Å². The van der Waals surface area contributed by atoms with Gasteiger partial charge in [-0.25, -0.2) is 0 Å². The zero-order valence-electron chi connectivity index (χ0n) is 42.5. The Morgan fingerprint density at radius 3 is 1.03 bits per heavy atom. The molecular formula is C60H107NO3. The number of allylic oxidation sites excluding steroid dienone is 13. The van der Waals surface area contributed by atoms with Crippen LogP contribution in [0.1, 0.15) is 271 Å². The van der Waals surface area contributed by atoms with Gasteiger partial charge in [-0.15, -0.1) is 0 Å². The van der Waals surface area contributed by atoms with Crippen LogP contribution in [0, 0.1) is 0 Å². The van der Waals surface area contributed by atoms with E-state index in [4.69, 9.17) is 0 Å². The van der Waals surface area contributed by atoms with E-state index in [-0.39, 0.29) is 12.5 Å². The normalized spacial score (nSPS) is 13.5. The molecule has 0 aliphatic heterocycles. The molecule has 0 bridgehead atoms. The van der Waals surface area contributed by atoms with Crippen LogP contribution in [-0.4, -0.2) is 34.9 Å². The minimum absolute atomic E-state index is 0.0793. The fourth-order valence-electron chi connectivity index (χ4n) is 8.18. The molecule has 0 saturated heterocycles. The van der Waals surface area contributed by atoms with Crippen molar-refractivity contribution in [1.82, 2.24) is 5.32 Å². The highest BCUT2D eigenvalue weighted by Crippen LogP contribution is 2.17. The van der Waals surface area contributed by atoms with Crippen molar-refractivity contribution in [3.8, 4) is 0 Å².